The summed E-state index contributed by atoms with van der Waals surface area (Å²) in [7, 11) is 0. The van der Waals surface area contributed by atoms with Gasteiger partial charge in [-0.3, -0.25) is 0 Å². The molecular formula is C6H5F9O. The van der Waals surface area contributed by atoms with E-state index >= 15 is 0 Å². The van der Waals surface area contributed by atoms with Gasteiger partial charge in [0.2, 0.25) is 0 Å². The Bertz CT molecular complexity index is 220. The fraction of sp³-hybridized carbons (Fsp3) is 1.00. The van der Waals surface area contributed by atoms with Gasteiger partial charge >= 0.3 is 24.1 Å². The highest BCUT2D eigenvalue weighted by Crippen LogP contribution is 2.46. The molecule has 0 heterocycles. The van der Waals surface area contributed by atoms with Crippen molar-refractivity contribution in [2.24, 2.45) is 0 Å². The highest BCUT2D eigenvalue weighted by Gasteiger charge is 2.71. The molecule has 0 N–H and O–H groups in total. The van der Waals surface area contributed by atoms with Gasteiger partial charge in [0.15, 0.2) is 0 Å². The molecule has 0 radical (unpaired) electrons. The molecule has 0 aliphatic carbocycles. The van der Waals surface area contributed by atoms with Gasteiger partial charge in [-0.25, -0.2) is 8.78 Å². The lowest BCUT2D eigenvalue weighted by molar-refractivity contribution is -0.407. The molecule has 0 aliphatic rings. The van der Waals surface area contributed by atoms with Crippen LogP contribution in [0.25, 0.3) is 0 Å². The molecule has 0 aromatic carbocycles. The van der Waals surface area contributed by atoms with E-state index in [4.69, 9.17) is 0 Å². The molecule has 0 saturated carbocycles. The third-order valence-electron chi connectivity index (χ3n) is 1.36. The van der Waals surface area contributed by atoms with E-state index in [2.05, 4.69) is 4.74 Å². The van der Waals surface area contributed by atoms with E-state index < -0.39 is 37.7 Å². The first-order valence-electron chi connectivity index (χ1n) is 3.55. The SMILES string of the molecule is CC(F)(F)C(F)(OCC(F)(F)F)C(F)(F)F. The molecule has 10 heteroatoms. The summed E-state index contributed by atoms with van der Waals surface area (Å²) >= 11 is 0. The summed E-state index contributed by atoms with van der Waals surface area (Å²) in [6, 6.07) is 0. The minimum Gasteiger partial charge on any atom is -0.325 e. The average Bonchev–Trinajstić information content (AvgIpc) is 1.93. The summed E-state index contributed by atoms with van der Waals surface area (Å²) in [5, 5.41) is 0. The van der Waals surface area contributed by atoms with Gasteiger partial charge in [-0.1, -0.05) is 0 Å². The van der Waals surface area contributed by atoms with Crippen LogP contribution in [0, 0.1) is 0 Å². The average molecular weight is 264 g/mol. The van der Waals surface area contributed by atoms with Gasteiger partial charge in [-0.05, 0) is 0 Å². The van der Waals surface area contributed by atoms with Crippen molar-refractivity contribution in [3.05, 3.63) is 0 Å². The maximum Gasteiger partial charge on any atom is 0.454 e. The molecule has 0 saturated heterocycles. The Morgan fingerprint density at radius 2 is 1.19 bits per heavy atom. The lowest BCUT2D eigenvalue weighted by atomic mass is 10.1. The Balaban J connectivity index is 5.00. The maximum absolute atomic E-state index is 12.7. The number of ether oxygens (including phenoxy) is 1. The Labute approximate surface area is 83.2 Å². The predicted octanol–water partition coefficient (Wildman–Crippen LogP) is 3.45. The van der Waals surface area contributed by atoms with E-state index in [9.17, 15) is 39.5 Å². The standard InChI is InChI=1S/C6H5F9O/c1-3(7,8)5(12,6(13,14)15)16-2-4(9,10)11/h2H2,1H3. The van der Waals surface area contributed by atoms with E-state index in [0.717, 1.165) is 0 Å². The third-order valence-corrected chi connectivity index (χ3v) is 1.36. The summed E-state index contributed by atoms with van der Waals surface area (Å²) < 4.78 is 110. The van der Waals surface area contributed by atoms with Gasteiger partial charge in [0.25, 0.3) is 0 Å². The zero-order chi connectivity index (χ0) is 13.4. The lowest BCUT2D eigenvalue weighted by Crippen LogP contribution is -2.56. The van der Waals surface area contributed by atoms with Crippen LogP contribution in [0.15, 0.2) is 0 Å². The van der Waals surface area contributed by atoms with Crippen LogP contribution in [0.4, 0.5) is 39.5 Å². The van der Waals surface area contributed by atoms with Crippen LogP contribution in [0.3, 0.4) is 0 Å². The smallest absolute Gasteiger partial charge is 0.325 e. The van der Waals surface area contributed by atoms with Crippen molar-refractivity contribution in [3.8, 4) is 0 Å². The van der Waals surface area contributed by atoms with Crippen LogP contribution in [-0.2, 0) is 4.74 Å². The van der Waals surface area contributed by atoms with Crippen molar-refractivity contribution in [2.45, 2.75) is 31.1 Å². The van der Waals surface area contributed by atoms with Crippen molar-refractivity contribution in [1.82, 2.24) is 0 Å². The molecule has 0 aromatic rings. The largest absolute Gasteiger partial charge is 0.454 e. The lowest BCUT2D eigenvalue weighted by Gasteiger charge is -2.32. The Morgan fingerprint density at radius 3 is 1.38 bits per heavy atom. The number of rotatable bonds is 3. The second kappa shape index (κ2) is 3.97. The molecule has 0 bridgehead atoms. The Hall–Kier alpha value is -0.670. The molecule has 0 fully saturated rings. The van der Waals surface area contributed by atoms with E-state index in [1.165, 1.54) is 0 Å². The molecule has 0 amide bonds. The fourth-order valence-electron chi connectivity index (χ4n) is 0.639. The maximum atomic E-state index is 12.7. The van der Waals surface area contributed by atoms with E-state index in [0.29, 0.717) is 0 Å². The van der Waals surface area contributed by atoms with Crippen LogP contribution >= 0.6 is 0 Å². The predicted molar refractivity (Wildman–Crippen MR) is 32.5 cm³/mol. The van der Waals surface area contributed by atoms with Crippen molar-refractivity contribution >= 4 is 0 Å². The van der Waals surface area contributed by atoms with Gasteiger partial charge in [0.1, 0.15) is 6.61 Å². The second-order valence-corrected chi connectivity index (χ2v) is 2.89. The number of halogens is 9. The molecule has 1 nitrogen and oxygen atoms in total. The molecule has 16 heavy (non-hydrogen) atoms. The molecule has 0 rings (SSSR count). The topological polar surface area (TPSA) is 9.23 Å². The highest BCUT2D eigenvalue weighted by atomic mass is 19.4. The summed E-state index contributed by atoms with van der Waals surface area (Å²) in [6.45, 7) is -3.30. The normalized spacial score (nSPS) is 18.4. The van der Waals surface area contributed by atoms with Crippen LogP contribution in [-0.4, -0.2) is 30.7 Å². The fourth-order valence-corrected chi connectivity index (χ4v) is 0.639. The van der Waals surface area contributed by atoms with Gasteiger partial charge in [0, 0.05) is 6.92 Å². The number of hydrogen-bond acceptors (Lipinski definition) is 1. The molecule has 0 aliphatic heterocycles. The van der Waals surface area contributed by atoms with Crippen molar-refractivity contribution in [1.29, 1.82) is 0 Å². The monoisotopic (exact) mass is 264 g/mol. The van der Waals surface area contributed by atoms with E-state index in [1.807, 2.05) is 0 Å². The molecule has 1 atom stereocenters. The first-order valence-corrected chi connectivity index (χ1v) is 3.55. The number of hydrogen-bond donors (Lipinski definition) is 0. The summed E-state index contributed by atoms with van der Waals surface area (Å²) in [6.07, 6.45) is -11.6. The zero-order valence-corrected chi connectivity index (χ0v) is 7.52. The van der Waals surface area contributed by atoms with Crippen LogP contribution in [0.2, 0.25) is 0 Å². The summed E-state index contributed by atoms with van der Waals surface area (Å²) in [5.74, 6) is -10.8. The van der Waals surface area contributed by atoms with E-state index in [-0.39, 0.29) is 0 Å². The van der Waals surface area contributed by atoms with E-state index in [1.54, 1.807) is 0 Å². The van der Waals surface area contributed by atoms with Gasteiger partial charge < -0.3 is 4.74 Å². The molecule has 0 spiro atoms. The van der Waals surface area contributed by atoms with Gasteiger partial charge in [0.05, 0.1) is 0 Å². The second-order valence-electron chi connectivity index (χ2n) is 2.89. The summed E-state index contributed by atoms with van der Waals surface area (Å²) in [4.78, 5) is 0. The molecule has 0 aromatic heterocycles. The Kier molecular flexibility index (Phi) is 3.80. The number of alkyl halides is 9. The molecule has 98 valence electrons. The van der Waals surface area contributed by atoms with Crippen molar-refractivity contribution < 1.29 is 44.3 Å². The first-order chi connectivity index (χ1) is 6.71. The first kappa shape index (κ1) is 15.3. The quantitative estimate of drug-likeness (QED) is 0.709. The van der Waals surface area contributed by atoms with Crippen LogP contribution < -0.4 is 0 Å². The minimum absolute atomic E-state index is 0.531. The van der Waals surface area contributed by atoms with Crippen molar-refractivity contribution in [2.75, 3.05) is 6.61 Å². The zero-order valence-electron chi connectivity index (χ0n) is 7.52. The van der Waals surface area contributed by atoms with Crippen molar-refractivity contribution in [3.63, 3.8) is 0 Å². The summed E-state index contributed by atoms with van der Waals surface area (Å²) in [5.41, 5.74) is 0. The van der Waals surface area contributed by atoms with Gasteiger partial charge in [-0.15, -0.1) is 0 Å². The van der Waals surface area contributed by atoms with Crippen LogP contribution in [0.5, 0.6) is 0 Å². The van der Waals surface area contributed by atoms with Gasteiger partial charge in [-0.2, -0.15) is 30.7 Å². The molecule has 1 unspecified atom stereocenters. The third kappa shape index (κ3) is 3.42. The minimum atomic E-state index is -6.28. The Morgan fingerprint density at radius 1 is 0.812 bits per heavy atom. The van der Waals surface area contributed by atoms with Crippen LogP contribution in [0.1, 0.15) is 6.92 Å². The molecular weight excluding hydrogens is 259 g/mol. The highest BCUT2D eigenvalue weighted by molar-refractivity contribution is 4.89.